The van der Waals surface area contributed by atoms with Crippen LogP contribution in [0.2, 0.25) is 0 Å². The molecule has 30 heavy (non-hydrogen) atoms. The molecule has 0 saturated heterocycles. The van der Waals surface area contributed by atoms with Crippen LogP contribution >= 0.6 is 0 Å². The molecule has 3 aromatic rings. The van der Waals surface area contributed by atoms with Gasteiger partial charge in [-0.3, -0.25) is 0 Å². The van der Waals surface area contributed by atoms with E-state index in [4.69, 9.17) is 19.7 Å². The van der Waals surface area contributed by atoms with Crippen molar-refractivity contribution >= 4 is 28.5 Å². The summed E-state index contributed by atoms with van der Waals surface area (Å²) in [7, 11) is 1.65. The third-order valence-corrected chi connectivity index (χ3v) is 5.35. The Hall–Kier alpha value is -3.65. The van der Waals surface area contributed by atoms with E-state index in [0.717, 1.165) is 51.9 Å². The summed E-state index contributed by atoms with van der Waals surface area (Å²) in [6.45, 7) is 1.90. The van der Waals surface area contributed by atoms with Crippen molar-refractivity contribution in [2.45, 2.75) is 19.8 Å². The number of para-hydroxylation sites is 1. The molecule has 1 atom stereocenters. The van der Waals surface area contributed by atoms with Crippen molar-refractivity contribution in [1.82, 2.24) is 4.98 Å². The predicted octanol–water partition coefficient (Wildman–Crippen LogP) is 5.05. The van der Waals surface area contributed by atoms with Gasteiger partial charge in [0.1, 0.15) is 11.8 Å². The fourth-order valence-corrected chi connectivity index (χ4v) is 4.04. The van der Waals surface area contributed by atoms with Gasteiger partial charge in [-0.05, 0) is 59.7 Å². The quantitative estimate of drug-likeness (QED) is 0.575. The van der Waals surface area contributed by atoms with Gasteiger partial charge < -0.3 is 9.47 Å². The number of nitrogens with zero attached hydrogens (tertiary/aromatic N) is 2. The first-order valence-corrected chi connectivity index (χ1v) is 9.91. The Balaban J connectivity index is 1.90. The SMILES string of the molecule is COc1ccc(/C=C2\CC(C)Cc3c2nc2ccccc2c3C(=O)OCC#N)cc1. The van der Waals surface area contributed by atoms with Crippen molar-refractivity contribution in [3.8, 4) is 11.8 Å². The second-order valence-corrected chi connectivity index (χ2v) is 7.52. The zero-order chi connectivity index (χ0) is 21.1. The number of fused-ring (bicyclic) bond motifs is 2. The van der Waals surface area contributed by atoms with Crippen LogP contribution in [0.5, 0.6) is 5.75 Å². The van der Waals surface area contributed by atoms with Gasteiger partial charge in [-0.1, -0.05) is 37.3 Å². The summed E-state index contributed by atoms with van der Waals surface area (Å²) >= 11 is 0. The zero-order valence-electron chi connectivity index (χ0n) is 17.0. The van der Waals surface area contributed by atoms with Crippen molar-refractivity contribution in [2.75, 3.05) is 13.7 Å². The molecule has 1 aliphatic rings. The van der Waals surface area contributed by atoms with Gasteiger partial charge >= 0.3 is 5.97 Å². The molecule has 0 saturated carbocycles. The fourth-order valence-electron chi connectivity index (χ4n) is 4.04. The first kappa shape index (κ1) is 19.7. The van der Waals surface area contributed by atoms with Crippen molar-refractivity contribution in [2.24, 2.45) is 5.92 Å². The normalized spacial score (nSPS) is 16.7. The number of carbonyl (C=O) groups excluding carboxylic acids is 1. The maximum absolute atomic E-state index is 12.9. The highest BCUT2D eigenvalue weighted by Gasteiger charge is 2.28. The Bertz CT molecular complexity index is 1170. The van der Waals surface area contributed by atoms with E-state index < -0.39 is 5.97 Å². The average Bonchev–Trinajstić information content (AvgIpc) is 2.76. The van der Waals surface area contributed by atoms with Crippen molar-refractivity contribution in [1.29, 1.82) is 5.26 Å². The number of pyridine rings is 1. The van der Waals surface area contributed by atoms with Gasteiger partial charge in [-0.25, -0.2) is 9.78 Å². The number of benzene rings is 2. The Labute approximate surface area is 175 Å². The minimum Gasteiger partial charge on any atom is -0.497 e. The first-order chi connectivity index (χ1) is 14.6. The van der Waals surface area contributed by atoms with Crippen LogP contribution < -0.4 is 4.74 Å². The van der Waals surface area contributed by atoms with E-state index in [9.17, 15) is 4.79 Å². The summed E-state index contributed by atoms with van der Waals surface area (Å²) in [6.07, 6.45) is 3.74. The predicted molar refractivity (Wildman–Crippen MR) is 116 cm³/mol. The molecule has 2 aromatic carbocycles. The van der Waals surface area contributed by atoms with Gasteiger partial charge in [0, 0.05) is 5.39 Å². The topological polar surface area (TPSA) is 72.2 Å². The molecule has 1 aromatic heterocycles. The summed E-state index contributed by atoms with van der Waals surface area (Å²) < 4.78 is 10.5. The lowest BCUT2D eigenvalue weighted by Gasteiger charge is -2.26. The molecule has 0 spiro atoms. The third-order valence-electron chi connectivity index (χ3n) is 5.35. The largest absolute Gasteiger partial charge is 0.497 e. The fraction of sp³-hybridized carbons (Fsp3) is 0.240. The maximum atomic E-state index is 12.9. The second-order valence-electron chi connectivity index (χ2n) is 7.52. The molecule has 1 aliphatic carbocycles. The van der Waals surface area contributed by atoms with Crippen LogP contribution in [-0.4, -0.2) is 24.7 Å². The number of aromatic nitrogens is 1. The van der Waals surface area contributed by atoms with Crippen molar-refractivity contribution in [3.63, 3.8) is 0 Å². The van der Waals surface area contributed by atoms with Gasteiger partial charge in [-0.15, -0.1) is 0 Å². The molecule has 1 unspecified atom stereocenters. The summed E-state index contributed by atoms with van der Waals surface area (Å²) in [5, 5.41) is 9.60. The Morgan fingerprint density at radius 3 is 2.70 bits per heavy atom. The molecule has 5 nitrogen and oxygen atoms in total. The van der Waals surface area contributed by atoms with Gasteiger partial charge in [0.05, 0.1) is 23.9 Å². The van der Waals surface area contributed by atoms with Gasteiger partial charge in [-0.2, -0.15) is 5.26 Å². The van der Waals surface area contributed by atoms with E-state index >= 15 is 0 Å². The average molecular weight is 398 g/mol. The van der Waals surface area contributed by atoms with E-state index in [1.54, 1.807) is 7.11 Å². The Morgan fingerprint density at radius 2 is 1.97 bits per heavy atom. The molecule has 1 heterocycles. The Morgan fingerprint density at radius 1 is 1.20 bits per heavy atom. The number of methoxy groups -OCH3 is 1. The number of esters is 1. The van der Waals surface area contributed by atoms with Crippen LogP contribution in [0.15, 0.2) is 48.5 Å². The second kappa shape index (κ2) is 8.38. The molecule has 5 heteroatoms. The highest BCUT2D eigenvalue weighted by molar-refractivity contribution is 6.06. The summed E-state index contributed by atoms with van der Waals surface area (Å²) in [5.41, 5.74) is 5.15. The minimum absolute atomic E-state index is 0.269. The summed E-state index contributed by atoms with van der Waals surface area (Å²) in [6, 6.07) is 17.3. The molecule has 0 amide bonds. The number of carbonyl (C=O) groups is 1. The highest BCUT2D eigenvalue weighted by Crippen LogP contribution is 2.38. The lowest BCUT2D eigenvalue weighted by Crippen LogP contribution is -2.19. The van der Waals surface area contributed by atoms with Crippen LogP contribution in [0.25, 0.3) is 22.6 Å². The third kappa shape index (κ3) is 3.77. The number of ether oxygens (including phenoxy) is 2. The molecular weight excluding hydrogens is 376 g/mol. The molecule has 4 rings (SSSR count). The molecule has 0 bridgehead atoms. The van der Waals surface area contributed by atoms with E-state index in [0.29, 0.717) is 11.5 Å². The lowest BCUT2D eigenvalue weighted by atomic mass is 9.80. The minimum atomic E-state index is -0.468. The summed E-state index contributed by atoms with van der Waals surface area (Å²) in [5.74, 6) is 0.693. The molecule has 0 N–H and O–H groups in total. The van der Waals surface area contributed by atoms with E-state index in [1.165, 1.54) is 0 Å². The Kier molecular flexibility index (Phi) is 5.49. The van der Waals surface area contributed by atoms with Gasteiger partial charge in [0.2, 0.25) is 0 Å². The number of rotatable bonds is 4. The smallest absolute Gasteiger partial charge is 0.340 e. The maximum Gasteiger partial charge on any atom is 0.340 e. The number of allylic oxidation sites excluding steroid dienone is 1. The van der Waals surface area contributed by atoms with Crippen LogP contribution in [-0.2, 0) is 11.2 Å². The van der Waals surface area contributed by atoms with Gasteiger partial charge in [0.25, 0.3) is 0 Å². The first-order valence-electron chi connectivity index (χ1n) is 9.91. The summed E-state index contributed by atoms with van der Waals surface area (Å²) in [4.78, 5) is 17.8. The van der Waals surface area contributed by atoms with Crippen LogP contribution in [0.4, 0.5) is 0 Å². The monoisotopic (exact) mass is 398 g/mol. The zero-order valence-corrected chi connectivity index (χ0v) is 17.0. The van der Waals surface area contributed by atoms with E-state index in [2.05, 4.69) is 13.0 Å². The molecule has 150 valence electrons. The number of hydrogen-bond acceptors (Lipinski definition) is 5. The van der Waals surface area contributed by atoms with Crippen LogP contribution in [0.1, 0.15) is 40.5 Å². The molecule has 0 aliphatic heterocycles. The van der Waals surface area contributed by atoms with E-state index in [-0.39, 0.29) is 6.61 Å². The van der Waals surface area contributed by atoms with Gasteiger partial charge in [0.15, 0.2) is 6.61 Å². The number of nitriles is 1. The number of hydrogen-bond donors (Lipinski definition) is 0. The molecule has 0 radical (unpaired) electrons. The van der Waals surface area contributed by atoms with Crippen molar-refractivity contribution in [3.05, 3.63) is 70.9 Å². The van der Waals surface area contributed by atoms with Crippen LogP contribution in [0, 0.1) is 17.2 Å². The van der Waals surface area contributed by atoms with Crippen molar-refractivity contribution < 1.29 is 14.3 Å². The van der Waals surface area contributed by atoms with Crippen LogP contribution in [0.3, 0.4) is 0 Å². The molecule has 0 fully saturated rings. The van der Waals surface area contributed by atoms with E-state index in [1.807, 2.05) is 54.6 Å². The lowest BCUT2D eigenvalue weighted by molar-refractivity contribution is 0.0555. The standard InChI is InChI=1S/C25H22N2O3/c1-16-13-18(15-17-7-9-19(29-2)10-8-17)24-21(14-16)23(25(28)30-12-11-26)20-5-3-4-6-22(20)27-24/h3-10,15-16H,12-14H2,1-2H3/b18-15+. The highest BCUT2D eigenvalue weighted by atomic mass is 16.5. The molecular formula is C25H22N2O3.